The predicted molar refractivity (Wildman–Crippen MR) is 300 cm³/mol. The van der Waals surface area contributed by atoms with E-state index in [1.165, 1.54) is 52.7 Å². The van der Waals surface area contributed by atoms with E-state index in [1.807, 2.05) is 44.4 Å². The second-order valence-electron chi connectivity index (χ2n) is 20.5. The molecule has 0 aromatic heterocycles. The molecule has 2 atom stereocenters. The van der Waals surface area contributed by atoms with Crippen molar-refractivity contribution in [3.8, 4) is 34.8 Å². The highest BCUT2D eigenvalue weighted by Crippen LogP contribution is 2.41. The Labute approximate surface area is 464 Å². The minimum Gasteiger partial charge on any atom is -0.493 e. The highest BCUT2D eigenvalue weighted by molar-refractivity contribution is 6.05. The van der Waals surface area contributed by atoms with E-state index in [-0.39, 0.29) is 68.5 Å². The molecule has 0 saturated heterocycles. The maximum atomic E-state index is 13.6. The van der Waals surface area contributed by atoms with Crippen molar-refractivity contribution < 1.29 is 57.1 Å². The van der Waals surface area contributed by atoms with E-state index in [1.54, 1.807) is 46.5 Å². The van der Waals surface area contributed by atoms with Gasteiger partial charge in [-0.05, 0) is 86.9 Å². The van der Waals surface area contributed by atoms with Crippen LogP contribution in [0, 0.1) is 17.8 Å². The molecule has 0 spiro atoms. The van der Waals surface area contributed by atoms with Gasteiger partial charge in [-0.3, -0.25) is 29.2 Å². The number of nitrogens with zero attached hydrogens (tertiary/aromatic N) is 4. The van der Waals surface area contributed by atoms with Crippen molar-refractivity contribution in [3.63, 3.8) is 0 Å². The molecule has 4 amide bonds. The smallest absolute Gasteiger partial charge is 0.260 e. The standard InChI is InChI=1S/C61H76N6O12/c1-42-26-48-36-64-52-34-56(54(72-3)32-50(52)60(70)66(48)38-42)78-40-46-28-45(29-47(30-46)41-79-57-35-53-51(33-55(57)73-4)61(71)67-39-43(2)27-49(67)37-65-53)14-11-16-62-58(68)15-18-74-20-22-76-24-25-77-23-21-75-19-17-63-59(69)31-44-12-9-7-5-6-8-10-13-44/h28-30,32-39,44,48-49H,5-10,12-13,15-27,31,40-41H2,1-4H3,(H,62,68)(H,63,69)/t48-,49-/m0/s1. The zero-order chi connectivity index (χ0) is 55.3. The molecule has 3 aromatic rings. The summed E-state index contributed by atoms with van der Waals surface area (Å²) in [5, 5.41) is 5.83. The quantitative estimate of drug-likeness (QED) is 0.0574. The first-order chi connectivity index (χ1) is 38.5. The van der Waals surface area contributed by atoms with E-state index in [0.29, 0.717) is 116 Å². The van der Waals surface area contributed by atoms with Gasteiger partial charge in [0, 0.05) is 61.9 Å². The van der Waals surface area contributed by atoms with E-state index >= 15 is 0 Å². The van der Waals surface area contributed by atoms with E-state index in [2.05, 4.69) is 32.5 Å². The topological polar surface area (TPSA) is 197 Å². The summed E-state index contributed by atoms with van der Waals surface area (Å²) in [5.41, 5.74) is 6.20. The average Bonchev–Trinajstić information content (AvgIpc) is 4.14. The van der Waals surface area contributed by atoms with Crippen molar-refractivity contribution in [1.82, 2.24) is 20.4 Å². The summed E-state index contributed by atoms with van der Waals surface area (Å²) in [5.74, 6) is 7.93. The molecule has 5 aliphatic rings. The first-order valence-electron chi connectivity index (χ1n) is 27.8. The van der Waals surface area contributed by atoms with Crippen molar-refractivity contribution >= 4 is 47.4 Å². The third-order valence-electron chi connectivity index (χ3n) is 14.3. The Morgan fingerprint density at radius 1 is 0.595 bits per heavy atom. The van der Waals surface area contributed by atoms with Gasteiger partial charge in [-0.2, -0.15) is 0 Å². The van der Waals surface area contributed by atoms with E-state index in [0.717, 1.165) is 48.0 Å². The molecule has 422 valence electrons. The molecular weight excluding hydrogens is 1010 g/mol. The maximum Gasteiger partial charge on any atom is 0.260 e. The minimum absolute atomic E-state index is 0.103. The lowest BCUT2D eigenvalue weighted by molar-refractivity contribution is -0.123. The number of nitrogens with one attached hydrogen (secondary N) is 2. The predicted octanol–water partition coefficient (Wildman–Crippen LogP) is 8.71. The lowest BCUT2D eigenvalue weighted by Gasteiger charge is -2.19. The molecule has 4 aliphatic heterocycles. The fourth-order valence-corrected chi connectivity index (χ4v) is 10.3. The summed E-state index contributed by atoms with van der Waals surface area (Å²) in [4.78, 5) is 65.1. The van der Waals surface area contributed by atoms with Crippen LogP contribution in [0.1, 0.15) is 128 Å². The molecule has 18 nitrogen and oxygen atoms in total. The molecule has 1 aliphatic carbocycles. The number of aliphatic imine (C=N–C) groups is 2. The molecule has 0 radical (unpaired) electrons. The van der Waals surface area contributed by atoms with Crippen LogP contribution in [-0.4, -0.2) is 138 Å². The largest absolute Gasteiger partial charge is 0.493 e. The Bertz CT molecular complexity index is 2670. The molecule has 4 heterocycles. The number of ether oxygens (including phenoxy) is 8. The van der Waals surface area contributed by atoms with Gasteiger partial charge < -0.3 is 58.3 Å². The minimum atomic E-state index is -0.203. The summed E-state index contributed by atoms with van der Waals surface area (Å²) in [6.45, 7) is 7.89. The SMILES string of the molecule is COc1cc2c(cc1OCc1cc(C#CCNC(=O)CCOCCOCCOCCOCCNC(=O)CC3CCCCCCCC3)cc(COc3cc4c(cc3OC)C(=O)N3C=C(C)C[C@H]3C=N4)c1)N=C[C@@H]1CC(C)=CN1C2=O. The van der Waals surface area contributed by atoms with Crippen molar-refractivity contribution in [3.05, 3.63) is 93.8 Å². The number of rotatable bonds is 26. The van der Waals surface area contributed by atoms with Gasteiger partial charge in [0.15, 0.2) is 23.0 Å². The van der Waals surface area contributed by atoms with Gasteiger partial charge in [-0.25, -0.2) is 0 Å². The van der Waals surface area contributed by atoms with Crippen LogP contribution in [0.2, 0.25) is 0 Å². The van der Waals surface area contributed by atoms with Crippen LogP contribution in [0.25, 0.3) is 0 Å². The van der Waals surface area contributed by atoms with Crippen molar-refractivity contribution in [1.29, 1.82) is 0 Å². The number of hydrogen-bond acceptors (Lipinski definition) is 14. The van der Waals surface area contributed by atoms with Crippen LogP contribution in [0.4, 0.5) is 11.4 Å². The molecule has 79 heavy (non-hydrogen) atoms. The Balaban J connectivity index is 0.783. The number of benzene rings is 3. The maximum absolute atomic E-state index is 13.6. The molecule has 1 fully saturated rings. The van der Waals surface area contributed by atoms with Crippen LogP contribution < -0.4 is 29.6 Å². The van der Waals surface area contributed by atoms with E-state index < -0.39 is 0 Å². The molecule has 8 rings (SSSR count). The summed E-state index contributed by atoms with van der Waals surface area (Å²) >= 11 is 0. The monoisotopic (exact) mass is 1080 g/mol. The number of carbonyl (C=O) groups is 4. The Kier molecular flexibility index (Phi) is 21.9. The van der Waals surface area contributed by atoms with E-state index in [4.69, 9.17) is 37.9 Å². The average molecular weight is 1090 g/mol. The number of amides is 4. The zero-order valence-electron chi connectivity index (χ0n) is 46.2. The number of fused-ring (bicyclic) bond motifs is 4. The summed E-state index contributed by atoms with van der Waals surface area (Å²) in [7, 11) is 3.05. The highest BCUT2D eigenvalue weighted by Gasteiger charge is 2.33. The molecule has 2 N–H and O–H groups in total. The normalized spacial score (nSPS) is 17.8. The molecule has 0 bridgehead atoms. The van der Waals surface area contributed by atoms with E-state index in [9.17, 15) is 19.2 Å². The summed E-state index contributed by atoms with van der Waals surface area (Å²) in [6, 6.07) is 12.2. The fraction of sp³-hybridized carbons (Fsp3) is 0.508. The van der Waals surface area contributed by atoms with Crippen LogP contribution in [0.3, 0.4) is 0 Å². The number of methoxy groups -OCH3 is 2. The van der Waals surface area contributed by atoms with Crippen LogP contribution in [0.5, 0.6) is 23.0 Å². The number of carbonyl (C=O) groups excluding carboxylic acids is 4. The Morgan fingerprint density at radius 3 is 1.61 bits per heavy atom. The lowest BCUT2D eigenvalue weighted by atomic mass is 9.93. The van der Waals surface area contributed by atoms with Gasteiger partial charge in [0.1, 0.15) is 13.2 Å². The lowest BCUT2D eigenvalue weighted by Crippen LogP contribution is -2.32. The third-order valence-corrected chi connectivity index (χ3v) is 14.3. The van der Waals surface area contributed by atoms with Crippen molar-refractivity contribution in [2.75, 3.05) is 80.2 Å². The first kappa shape index (κ1) is 58.1. The van der Waals surface area contributed by atoms with Crippen LogP contribution in [0.15, 0.2) is 76.0 Å². The van der Waals surface area contributed by atoms with Crippen molar-refractivity contribution in [2.24, 2.45) is 15.9 Å². The van der Waals surface area contributed by atoms with Gasteiger partial charge in [0.05, 0.1) is 108 Å². The second-order valence-corrected chi connectivity index (χ2v) is 20.5. The second kappa shape index (κ2) is 29.8. The van der Waals surface area contributed by atoms with Gasteiger partial charge in [0.25, 0.3) is 11.8 Å². The van der Waals surface area contributed by atoms with Gasteiger partial charge in [-0.15, -0.1) is 0 Å². The molecule has 18 heteroatoms. The first-order valence-corrected chi connectivity index (χ1v) is 27.8. The molecule has 0 unspecified atom stereocenters. The van der Waals surface area contributed by atoms with Crippen LogP contribution in [-0.2, 0) is 41.8 Å². The van der Waals surface area contributed by atoms with Gasteiger partial charge in [-0.1, -0.05) is 61.5 Å². The molecule has 1 saturated carbocycles. The fourth-order valence-electron chi connectivity index (χ4n) is 10.3. The molecule has 3 aromatic carbocycles. The van der Waals surface area contributed by atoms with Crippen molar-refractivity contribution in [2.45, 2.75) is 116 Å². The van der Waals surface area contributed by atoms with Gasteiger partial charge >= 0.3 is 0 Å². The molecular formula is C61H76N6O12. The highest BCUT2D eigenvalue weighted by atomic mass is 16.6. The van der Waals surface area contributed by atoms with Crippen LogP contribution >= 0.6 is 0 Å². The summed E-state index contributed by atoms with van der Waals surface area (Å²) in [6.07, 6.45) is 19.5. The Morgan fingerprint density at radius 2 is 1.09 bits per heavy atom. The summed E-state index contributed by atoms with van der Waals surface area (Å²) < 4.78 is 46.6. The zero-order valence-corrected chi connectivity index (χ0v) is 46.2. The van der Waals surface area contributed by atoms with Gasteiger partial charge in [0.2, 0.25) is 11.8 Å². The Hall–Kier alpha value is -7.04. The number of hydrogen-bond donors (Lipinski definition) is 2. The third kappa shape index (κ3) is 17.0.